The maximum atomic E-state index is 10.6. The van der Waals surface area contributed by atoms with Gasteiger partial charge in [0.15, 0.2) is 0 Å². The summed E-state index contributed by atoms with van der Waals surface area (Å²) in [5.74, 6) is 0. The highest BCUT2D eigenvalue weighted by Crippen LogP contribution is 2.26. The van der Waals surface area contributed by atoms with Crippen molar-refractivity contribution in [2.75, 3.05) is 11.9 Å². The molecule has 0 radical (unpaired) electrons. The first kappa shape index (κ1) is 15.0. The first-order valence-corrected chi connectivity index (χ1v) is 7.57. The quantitative estimate of drug-likeness (QED) is 0.581. The second kappa shape index (κ2) is 6.85. The Hall–Kier alpha value is -1.40. The molecule has 104 valence electrons. The van der Waals surface area contributed by atoms with Crippen LogP contribution in [0.5, 0.6) is 0 Å². The molecule has 0 amide bonds. The molecule has 0 saturated heterocycles. The van der Waals surface area contributed by atoms with E-state index in [1.54, 1.807) is 12.1 Å². The highest BCUT2D eigenvalue weighted by molar-refractivity contribution is 9.11. The van der Waals surface area contributed by atoms with Crippen LogP contribution >= 0.6 is 31.9 Å². The van der Waals surface area contributed by atoms with Gasteiger partial charge >= 0.3 is 0 Å². The zero-order valence-electron chi connectivity index (χ0n) is 10.5. The molecule has 1 N–H and O–H groups in total. The molecular formula is C14H12Br2N2O2. The SMILES string of the molecule is O=[N+]([O-])c1ccc(CCNc2ccc(Br)cc2Br)cc1. The monoisotopic (exact) mass is 398 g/mol. The van der Waals surface area contributed by atoms with Gasteiger partial charge in [0.25, 0.3) is 5.69 Å². The summed E-state index contributed by atoms with van der Waals surface area (Å²) in [5, 5.41) is 13.9. The first-order valence-electron chi connectivity index (χ1n) is 5.98. The number of nitro benzene ring substituents is 1. The third-order valence-electron chi connectivity index (χ3n) is 2.81. The predicted octanol–water partition coefficient (Wildman–Crippen LogP) is 4.77. The van der Waals surface area contributed by atoms with E-state index in [4.69, 9.17) is 0 Å². The maximum absolute atomic E-state index is 10.6. The van der Waals surface area contributed by atoms with Gasteiger partial charge in [-0.25, -0.2) is 0 Å². The molecule has 0 heterocycles. The standard InChI is InChI=1S/C14H12Br2N2O2/c15-11-3-6-14(13(16)9-11)17-8-7-10-1-4-12(5-2-10)18(19)20/h1-6,9,17H,7-8H2. The molecular weight excluding hydrogens is 388 g/mol. The van der Waals surface area contributed by atoms with Gasteiger partial charge in [0.2, 0.25) is 0 Å². The summed E-state index contributed by atoms with van der Waals surface area (Å²) in [7, 11) is 0. The van der Waals surface area contributed by atoms with E-state index in [2.05, 4.69) is 37.2 Å². The van der Waals surface area contributed by atoms with E-state index in [0.717, 1.165) is 33.2 Å². The number of rotatable bonds is 5. The van der Waals surface area contributed by atoms with Crippen molar-refractivity contribution >= 4 is 43.2 Å². The van der Waals surface area contributed by atoms with Crippen LogP contribution < -0.4 is 5.32 Å². The van der Waals surface area contributed by atoms with Crippen LogP contribution in [-0.4, -0.2) is 11.5 Å². The molecule has 6 heteroatoms. The number of benzene rings is 2. The summed E-state index contributed by atoms with van der Waals surface area (Å²) in [6.45, 7) is 0.762. The van der Waals surface area contributed by atoms with Gasteiger partial charge in [-0.05, 0) is 46.1 Å². The molecule has 0 aliphatic heterocycles. The number of nitro groups is 1. The Morgan fingerprint density at radius 2 is 1.80 bits per heavy atom. The third kappa shape index (κ3) is 4.05. The number of nitrogens with zero attached hydrogens (tertiary/aromatic N) is 1. The Balaban J connectivity index is 1.91. The average Bonchev–Trinajstić information content (AvgIpc) is 2.42. The molecule has 2 aromatic rings. The molecule has 0 aliphatic rings. The van der Waals surface area contributed by atoms with E-state index in [0.29, 0.717) is 0 Å². The van der Waals surface area contributed by atoms with E-state index in [9.17, 15) is 10.1 Å². The average molecular weight is 400 g/mol. The van der Waals surface area contributed by atoms with Gasteiger partial charge in [0, 0.05) is 33.3 Å². The van der Waals surface area contributed by atoms with Gasteiger partial charge in [-0.15, -0.1) is 0 Å². The molecule has 0 aliphatic carbocycles. The molecule has 0 spiro atoms. The van der Waals surface area contributed by atoms with Crippen LogP contribution in [0.2, 0.25) is 0 Å². The lowest BCUT2D eigenvalue weighted by atomic mass is 10.1. The lowest BCUT2D eigenvalue weighted by Gasteiger charge is -2.09. The Bertz CT molecular complexity index is 615. The van der Waals surface area contributed by atoms with E-state index in [-0.39, 0.29) is 10.6 Å². The largest absolute Gasteiger partial charge is 0.384 e. The summed E-state index contributed by atoms with van der Waals surface area (Å²) < 4.78 is 2.01. The summed E-state index contributed by atoms with van der Waals surface area (Å²) >= 11 is 6.90. The number of nitrogens with one attached hydrogen (secondary N) is 1. The molecule has 20 heavy (non-hydrogen) atoms. The summed E-state index contributed by atoms with van der Waals surface area (Å²) in [4.78, 5) is 10.2. The van der Waals surface area contributed by atoms with E-state index in [1.165, 1.54) is 12.1 Å². The topological polar surface area (TPSA) is 55.2 Å². The number of hydrogen-bond donors (Lipinski definition) is 1. The number of anilines is 1. The lowest BCUT2D eigenvalue weighted by molar-refractivity contribution is -0.384. The minimum Gasteiger partial charge on any atom is -0.384 e. The molecule has 0 aromatic heterocycles. The number of hydrogen-bond acceptors (Lipinski definition) is 3. The molecule has 0 bridgehead atoms. The van der Waals surface area contributed by atoms with Crippen molar-refractivity contribution in [1.29, 1.82) is 0 Å². The zero-order valence-corrected chi connectivity index (χ0v) is 13.6. The van der Waals surface area contributed by atoms with Crippen molar-refractivity contribution < 1.29 is 4.92 Å². The van der Waals surface area contributed by atoms with Crippen LogP contribution in [0.25, 0.3) is 0 Å². The maximum Gasteiger partial charge on any atom is 0.269 e. The molecule has 2 aromatic carbocycles. The van der Waals surface area contributed by atoms with Crippen molar-refractivity contribution in [3.63, 3.8) is 0 Å². The summed E-state index contributed by atoms with van der Waals surface area (Å²) in [6, 6.07) is 12.6. The highest BCUT2D eigenvalue weighted by Gasteiger charge is 2.04. The summed E-state index contributed by atoms with van der Waals surface area (Å²) in [5.41, 5.74) is 2.21. The molecule has 0 saturated carbocycles. The normalized spacial score (nSPS) is 10.3. The Labute approximate surface area is 133 Å². The first-order chi connectivity index (χ1) is 9.56. The Morgan fingerprint density at radius 1 is 1.10 bits per heavy atom. The Kier molecular flexibility index (Phi) is 5.14. The minimum absolute atomic E-state index is 0.123. The van der Waals surface area contributed by atoms with Gasteiger partial charge in [-0.3, -0.25) is 10.1 Å². The summed E-state index contributed by atoms with van der Waals surface area (Å²) in [6.07, 6.45) is 0.806. The van der Waals surface area contributed by atoms with Crippen LogP contribution in [0.15, 0.2) is 51.4 Å². The predicted molar refractivity (Wildman–Crippen MR) is 87.1 cm³/mol. The number of halogens is 2. The minimum atomic E-state index is -0.388. The van der Waals surface area contributed by atoms with Gasteiger partial charge in [-0.2, -0.15) is 0 Å². The van der Waals surface area contributed by atoms with Crippen molar-refractivity contribution in [3.8, 4) is 0 Å². The van der Waals surface area contributed by atoms with Gasteiger partial charge < -0.3 is 5.32 Å². The molecule has 2 rings (SSSR count). The smallest absolute Gasteiger partial charge is 0.269 e. The highest BCUT2D eigenvalue weighted by atomic mass is 79.9. The van der Waals surface area contributed by atoms with Crippen LogP contribution in [0, 0.1) is 10.1 Å². The second-order valence-corrected chi connectivity index (χ2v) is 5.99. The molecule has 0 atom stereocenters. The fourth-order valence-electron chi connectivity index (χ4n) is 1.76. The third-order valence-corrected chi connectivity index (χ3v) is 3.96. The van der Waals surface area contributed by atoms with Crippen LogP contribution in [0.4, 0.5) is 11.4 Å². The zero-order chi connectivity index (χ0) is 14.5. The second-order valence-electron chi connectivity index (χ2n) is 4.22. The van der Waals surface area contributed by atoms with Crippen molar-refractivity contribution in [1.82, 2.24) is 0 Å². The van der Waals surface area contributed by atoms with Gasteiger partial charge in [0.1, 0.15) is 0 Å². The Morgan fingerprint density at radius 3 is 2.40 bits per heavy atom. The van der Waals surface area contributed by atoms with E-state index in [1.807, 2.05) is 18.2 Å². The van der Waals surface area contributed by atoms with Gasteiger partial charge in [0.05, 0.1) is 4.92 Å². The fraction of sp³-hybridized carbons (Fsp3) is 0.143. The van der Waals surface area contributed by atoms with Crippen molar-refractivity contribution in [2.24, 2.45) is 0 Å². The molecule has 0 fully saturated rings. The van der Waals surface area contributed by atoms with Crippen molar-refractivity contribution in [2.45, 2.75) is 6.42 Å². The van der Waals surface area contributed by atoms with Gasteiger partial charge in [-0.1, -0.05) is 28.1 Å². The van der Waals surface area contributed by atoms with E-state index >= 15 is 0 Å². The van der Waals surface area contributed by atoms with Crippen LogP contribution in [0.3, 0.4) is 0 Å². The molecule has 0 unspecified atom stereocenters. The van der Waals surface area contributed by atoms with Crippen molar-refractivity contribution in [3.05, 3.63) is 67.1 Å². The fourth-order valence-corrected chi connectivity index (χ4v) is 2.95. The molecule has 4 nitrogen and oxygen atoms in total. The van der Waals surface area contributed by atoms with E-state index < -0.39 is 0 Å². The van der Waals surface area contributed by atoms with Crippen LogP contribution in [-0.2, 0) is 6.42 Å². The number of non-ortho nitro benzene ring substituents is 1. The lowest BCUT2D eigenvalue weighted by Crippen LogP contribution is -2.05. The van der Waals surface area contributed by atoms with Crippen LogP contribution in [0.1, 0.15) is 5.56 Å².